The maximum Gasteiger partial charge on any atom is 0.313 e. The Hall–Kier alpha value is -0.873. The number of hydrogen-bond donors (Lipinski definition) is 1. The molecule has 3 nitrogen and oxygen atoms in total. The van der Waals surface area contributed by atoms with Crippen molar-refractivity contribution in [1.29, 1.82) is 0 Å². The summed E-state index contributed by atoms with van der Waals surface area (Å²) in [7, 11) is -2.01. The first-order valence-corrected chi connectivity index (χ1v) is 10.7. The molecule has 0 aromatic heterocycles. The first-order chi connectivity index (χ1) is 9.56. The van der Waals surface area contributed by atoms with Crippen LogP contribution in [-0.4, -0.2) is 25.5 Å². The Bertz CT molecular complexity index is 378. The molecule has 0 aliphatic rings. The fourth-order valence-electron chi connectivity index (χ4n) is 1.63. The lowest BCUT2D eigenvalue weighted by atomic mass is 10.0. The molecule has 21 heavy (non-hydrogen) atoms. The van der Waals surface area contributed by atoms with Crippen LogP contribution in [0.15, 0.2) is 24.3 Å². The predicted octanol–water partition coefficient (Wildman–Crippen LogP) is 5.01. The second kappa shape index (κ2) is 8.54. The lowest BCUT2D eigenvalue weighted by Gasteiger charge is -2.39. The van der Waals surface area contributed by atoms with Crippen LogP contribution in [0.3, 0.4) is 0 Å². The van der Waals surface area contributed by atoms with Gasteiger partial charge in [-0.25, -0.2) is 0 Å². The highest BCUT2D eigenvalue weighted by Crippen LogP contribution is 2.38. The summed E-state index contributed by atoms with van der Waals surface area (Å²) in [5, 5.41) is 9.58. The lowest BCUT2D eigenvalue weighted by molar-refractivity contribution is -0.142. The molecule has 2 atom stereocenters. The lowest BCUT2D eigenvalue weighted by Crippen LogP contribution is -2.46. The summed E-state index contributed by atoms with van der Waals surface area (Å²) >= 11 is 0. The Labute approximate surface area is 131 Å². The molecule has 0 bridgehead atoms. The van der Waals surface area contributed by atoms with E-state index in [2.05, 4.69) is 33.9 Å². The average molecular weight is 313 g/mol. The van der Waals surface area contributed by atoms with Crippen molar-refractivity contribution in [2.24, 2.45) is 5.92 Å². The Balaban J connectivity index is 5.40. The van der Waals surface area contributed by atoms with Gasteiger partial charge in [-0.15, -0.1) is 0 Å². The van der Waals surface area contributed by atoms with Gasteiger partial charge in [0, 0.05) is 0 Å². The molecule has 0 aromatic carbocycles. The minimum atomic E-state index is -2.01. The van der Waals surface area contributed by atoms with Crippen LogP contribution in [0.2, 0.25) is 18.1 Å². The topological polar surface area (TPSA) is 46.5 Å². The van der Waals surface area contributed by atoms with E-state index in [1.54, 1.807) is 6.08 Å². The van der Waals surface area contributed by atoms with Gasteiger partial charge in [-0.3, -0.25) is 4.79 Å². The summed E-state index contributed by atoms with van der Waals surface area (Å²) in [6.45, 7) is 14.8. The van der Waals surface area contributed by atoms with Crippen molar-refractivity contribution >= 4 is 14.3 Å². The van der Waals surface area contributed by atoms with Gasteiger partial charge in [0.2, 0.25) is 0 Å². The molecular formula is C17H32O3Si. The average Bonchev–Trinajstić information content (AvgIpc) is 2.33. The van der Waals surface area contributed by atoms with Crippen LogP contribution in [-0.2, 0) is 9.22 Å². The highest BCUT2D eigenvalue weighted by molar-refractivity contribution is 6.74. The zero-order valence-corrected chi connectivity index (χ0v) is 15.6. The molecule has 0 amide bonds. The number of hydrogen-bond acceptors (Lipinski definition) is 2. The van der Waals surface area contributed by atoms with E-state index in [1.807, 2.05) is 32.1 Å². The molecule has 0 radical (unpaired) electrons. The molecular weight excluding hydrogens is 280 g/mol. The van der Waals surface area contributed by atoms with Gasteiger partial charge < -0.3 is 9.53 Å². The second-order valence-electron chi connectivity index (χ2n) is 6.88. The van der Waals surface area contributed by atoms with E-state index in [-0.39, 0.29) is 5.04 Å². The summed E-state index contributed by atoms with van der Waals surface area (Å²) in [6.07, 6.45) is 8.88. The van der Waals surface area contributed by atoms with Crippen molar-refractivity contribution in [3.05, 3.63) is 24.3 Å². The van der Waals surface area contributed by atoms with Crippen LogP contribution in [0, 0.1) is 5.92 Å². The van der Waals surface area contributed by atoms with Gasteiger partial charge in [-0.1, -0.05) is 58.9 Å². The monoisotopic (exact) mass is 312 g/mol. The number of carboxylic acid groups (broad SMARTS) is 1. The maximum atomic E-state index is 11.6. The quantitative estimate of drug-likeness (QED) is 0.506. The SMILES string of the molecule is CC/C=C/C(O[Si](C)(C)C(C)(C)C)C(/C=C/CC)C(=O)O. The van der Waals surface area contributed by atoms with E-state index in [0.717, 1.165) is 12.8 Å². The normalized spacial score (nSPS) is 16.5. The minimum Gasteiger partial charge on any atom is -0.481 e. The van der Waals surface area contributed by atoms with Crippen molar-refractivity contribution in [1.82, 2.24) is 0 Å². The first kappa shape index (κ1) is 20.1. The van der Waals surface area contributed by atoms with Gasteiger partial charge >= 0.3 is 5.97 Å². The van der Waals surface area contributed by atoms with E-state index in [0.29, 0.717) is 0 Å². The first-order valence-electron chi connectivity index (χ1n) is 7.80. The summed E-state index contributed by atoms with van der Waals surface area (Å²) in [5.41, 5.74) is 0. The Morgan fingerprint density at radius 1 is 1.14 bits per heavy atom. The van der Waals surface area contributed by atoms with Crippen molar-refractivity contribution < 1.29 is 14.3 Å². The van der Waals surface area contributed by atoms with Crippen LogP contribution in [0.25, 0.3) is 0 Å². The van der Waals surface area contributed by atoms with E-state index in [1.165, 1.54) is 0 Å². The van der Waals surface area contributed by atoms with Crippen molar-refractivity contribution in [3.63, 3.8) is 0 Å². The zero-order chi connectivity index (χ0) is 16.7. The molecule has 2 unspecified atom stereocenters. The fourth-order valence-corrected chi connectivity index (χ4v) is 2.89. The Morgan fingerprint density at radius 2 is 1.62 bits per heavy atom. The molecule has 0 aliphatic carbocycles. The number of allylic oxidation sites excluding steroid dienone is 2. The van der Waals surface area contributed by atoms with Crippen LogP contribution in [0.5, 0.6) is 0 Å². The van der Waals surface area contributed by atoms with Crippen LogP contribution in [0.1, 0.15) is 47.5 Å². The fraction of sp³-hybridized carbons (Fsp3) is 0.706. The standard InChI is InChI=1S/C17H32O3Si/c1-8-10-12-14(16(18)19)15(13-11-9-2)20-21(6,7)17(3,4)5/h10-15H,8-9H2,1-7H3,(H,18,19)/b12-10+,13-11+. The third-order valence-corrected chi connectivity index (χ3v) is 8.49. The van der Waals surface area contributed by atoms with Crippen LogP contribution >= 0.6 is 0 Å². The largest absolute Gasteiger partial charge is 0.481 e. The smallest absolute Gasteiger partial charge is 0.313 e. The molecule has 0 aliphatic heterocycles. The highest BCUT2D eigenvalue weighted by atomic mass is 28.4. The van der Waals surface area contributed by atoms with Gasteiger partial charge in [-0.05, 0) is 31.0 Å². The number of aliphatic carboxylic acids is 1. The molecule has 0 aromatic rings. The van der Waals surface area contributed by atoms with Crippen molar-refractivity contribution in [2.45, 2.75) is 71.7 Å². The zero-order valence-electron chi connectivity index (χ0n) is 14.6. The maximum absolute atomic E-state index is 11.6. The number of carboxylic acids is 1. The van der Waals surface area contributed by atoms with Gasteiger partial charge in [0.15, 0.2) is 8.32 Å². The molecule has 0 heterocycles. The molecule has 0 saturated carbocycles. The van der Waals surface area contributed by atoms with E-state index >= 15 is 0 Å². The number of carbonyl (C=O) groups is 1. The van der Waals surface area contributed by atoms with Gasteiger partial charge in [0.05, 0.1) is 6.10 Å². The summed E-state index contributed by atoms with van der Waals surface area (Å²) < 4.78 is 6.34. The highest BCUT2D eigenvalue weighted by Gasteiger charge is 2.40. The number of rotatable bonds is 8. The predicted molar refractivity (Wildman–Crippen MR) is 92.1 cm³/mol. The molecule has 0 spiro atoms. The van der Waals surface area contributed by atoms with Gasteiger partial charge in [0.1, 0.15) is 5.92 Å². The Kier molecular flexibility index (Phi) is 8.19. The Morgan fingerprint density at radius 3 is 2.00 bits per heavy atom. The van der Waals surface area contributed by atoms with Crippen molar-refractivity contribution in [3.8, 4) is 0 Å². The third kappa shape index (κ3) is 6.61. The minimum absolute atomic E-state index is 0.0584. The molecule has 0 fully saturated rings. The van der Waals surface area contributed by atoms with Crippen molar-refractivity contribution in [2.75, 3.05) is 0 Å². The molecule has 0 saturated heterocycles. The molecule has 0 rings (SSSR count). The molecule has 122 valence electrons. The summed E-state index contributed by atoms with van der Waals surface area (Å²) in [4.78, 5) is 11.6. The van der Waals surface area contributed by atoms with Crippen LogP contribution in [0.4, 0.5) is 0 Å². The van der Waals surface area contributed by atoms with Gasteiger partial charge in [0.25, 0.3) is 0 Å². The van der Waals surface area contributed by atoms with E-state index in [4.69, 9.17) is 4.43 Å². The third-order valence-electron chi connectivity index (χ3n) is 4.02. The summed E-state index contributed by atoms with van der Waals surface area (Å²) in [6, 6.07) is 0. The molecule has 4 heteroatoms. The van der Waals surface area contributed by atoms with Gasteiger partial charge in [-0.2, -0.15) is 0 Å². The van der Waals surface area contributed by atoms with E-state index < -0.39 is 26.3 Å². The summed E-state index contributed by atoms with van der Waals surface area (Å²) in [5.74, 6) is -1.45. The second-order valence-corrected chi connectivity index (χ2v) is 11.6. The molecule has 1 N–H and O–H groups in total. The van der Waals surface area contributed by atoms with Crippen LogP contribution < -0.4 is 0 Å². The van der Waals surface area contributed by atoms with E-state index in [9.17, 15) is 9.90 Å².